The largest absolute Gasteiger partial charge is 0.495 e. The second kappa shape index (κ2) is 8.34. The zero-order chi connectivity index (χ0) is 20.4. The number of nitrogens with zero attached hydrogens (tertiary/aromatic N) is 4. The molecular weight excluding hydrogens is 410 g/mol. The molecule has 1 aliphatic rings. The molecule has 1 aliphatic heterocycles. The van der Waals surface area contributed by atoms with E-state index >= 15 is 0 Å². The quantitative estimate of drug-likeness (QED) is 0.594. The highest BCUT2D eigenvalue weighted by Crippen LogP contribution is 2.32. The Balaban J connectivity index is 1.42. The molecule has 1 N–H and O–H groups in total. The van der Waals surface area contributed by atoms with Crippen LogP contribution in [0.5, 0.6) is 5.75 Å². The zero-order valence-electron chi connectivity index (χ0n) is 16.1. The van der Waals surface area contributed by atoms with Gasteiger partial charge in [-0.1, -0.05) is 41.1 Å². The van der Waals surface area contributed by atoms with Crippen molar-refractivity contribution in [2.75, 3.05) is 29.6 Å². The van der Waals surface area contributed by atoms with Crippen LogP contribution in [0.25, 0.3) is 0 Å². The molecule has 0 aliphatic carbocycles. The lowest BCUT2D eigenvalue weighted by atomic mass is 10.2. The standard InChI is InChI=1S/C20H20ClN5O2S/c1-13-3-6-15(7-4-13)25-9-10-26-19(25)23-24-20(26)29-12-18(27)22-16-11-14(21)5-8-17(16)28-2/h3-8,11H,9-10,12H2,1-2H3,(H,22,27). The van der Waals surface area contributed by atoms with Gasteiger partial charge in [-0.3, -0.25) is 9.36 Å². The van der Waals surface area contributed by atoms with Gasteiger partial charge >= 0.3 is 0 Å². The summed E-state index contributed by atoms with van der Waals surface area (Å²) in [5.41, 5.74) is 2.85. The van der Waals surface area contributed by atoms with Gasteiger partial charge in [0.2, 0.25) is 11.9 Å². The molecule has 0 bridgehead atoms. The van der Waals surface area contributed by atoms with E-state index in [1.807, 2.05) is 4.57 Å². The molecule has 0 spiro atoms. The second-order valence-corrected chi connectivity index (χ2v) is 7.98. The number of methoxy groups -OCH3 is 1. The van der Waals surface area contributed by atoms with Crippen molar-refractivity contribution in [3.63, 3.8) is 0 Å². The summed E-state index contributed by atoms with van der Waals surface area (Å²) >= 11 is 7.37. The Bertz CT molecular complexity index is 1040. The number of rotatable bonds is 6. The van der Waals surface area contributed by atoms with Gasteiger partial charge in [0, 0.05) is 23.8 Å². The minimum atomic E-state index is -0.165. The Morgan fingerprint density at radius 3 is 2.76 bits per heavy atom. The molecule has 0 saturated heterocycles. The maximum absolute atomic E-state index is 12.4. The number of halogens is 1. The predicted octanol–water partition coefficient (Wildman–Crippen LogP) is 4.13. The van der Waals surface area contributed by atoms with Crippen LogP contribution in [-0.2, 0) is 11.3 Å². The molecule has 2 aromatic carbocycles. The first-order chi connectivity index (χ1) is 14.0. The number of aryl methyl sites for hydroxylation is 1. The van der Waals surface area contributed by atoms with Gasteiger partial charge in [-0.2, -0.15) is 0 Å². The van der Waals surface area contributed by atoms with Crippen molar-refractivity contribution in [3.8, 4) is 5.75 Å². The van der Waals surface area contributed by atoms with Gasteiger partial charge in [-0.05, 0) is 37.3 Å². The van der Waals surface area contributed by atoms with Crippen molar-refractivity contribution in [1.29, 1.82) is 0 Å². The van der Waals surface area contributed by atoms with Crippen LogP contribution in [0.15, 0.2) is 47.6 Å². The van der Waals surface area contributed by atoms with Gasteiger partial charge in [0.05, 0.1) is 18.6 Å². The zero-order valence-corrected chi connectivity index (χ0v) is 17.6. The van der Waals surface area contributed by atoms with E-state index in [0.717, 1.165) is 29.9 Å². The number of carbonyl (C=O) groups excluding carboxylic acids is 1. The number of thioether (sulfide) groups is 1. The molecule has 7 nitrogen and oxygen atoms in total. The number of aromatic nitrogens is 3. The molecule has 9 heteroatoms. The maximum atomic E-state index is 12.4. The van der Waals surface area contributed by atoms with Gasteiger partial charge in [-0.25, -0.2) is 0 Å². The fourth-order valence-corrected chi connectivity index (χ4v) is 4.08. The summed E-state index contributed by atoms with van der Waals surface area (Å²) in [5, 5.41) is 12.7. The third-order valence-corrected chi connectivity index (χ3v) is 5.80. The predicted molar refractivity (Wildman–Crippen MR) is 116 cm³/mol. The minimum Gasteiger partial charge on any atom is -0.495 e. The molecule has 0 unspecified atom stereocenters. The molecule has 0 radical (unpaired) electrons. The van der Waals surface area contributed by atoms with E-state index in [1.165, 1.54) is 17.3 Å². The maximum Gasteiger partial charge on any atom is 0.234 e. The Morgan fingerprint density at radius 1 is 1.21 bits per heavy atom. The molecule has 4 rings (SSSR count). The van der Waals surface area contributed by atoms with Crippen LogP contribution in [0, 0.1) is 6.92 Å². The van der Waals surface area contributed by atoms with E-state index in [4.69, 9.17) is 16.3 Å². The first-order valence-electron chi connectivity index (χ1n) is 9.09. The van der Waals surface area contributed by atoms with Crippen molar-refractivity contribution in [2.45, 2.75) is 18.6 Å². The van der Waals surface area contributed by atoms with Gasteiger partial charge in [0.15, 0.2) is 5.16 Å². The molecular formula is C20H20ClN5O2S. The fourth-order valence-electron chi connectivity index (χ4n) is 3.15. The van der Waals surface area contributed by atoms with Gasteiger partial charge in [0.25, 0.3) is 0 Å². The lowest BCUT2D eigenvalue weighted by Crippen LogP contribution is -2.15. The Labute approximate surface area is 178 Å². The molecule has 2 heterocycles. The Morgan fingerprint density at radius 2 is 2.00 bits per heavy atom. The number of carbonyl (C=O) groups is 1. The summed E-state index contributed by atoms with van der Waals surface area (Å²) in [6.07, 6.45) is 0. The Kier molecular flexibility index (Phi) is 5.64. The number of nitrogens with one attached hydrogen (secondary N) is 1. The van der Waals surface area contributed by atoms with Crippen LogP contribution < -0.4 is 15.0 Å². The lowest BCUT2D eigenvalue weighted by molar-refractivity contribution is -0.113. The number of amides is 1. The van der Waals surface area contributed by atoms with Crippen molar-refractivity contribution >= 4 is 46.6 Å². The van der Waals surface area contributed by atoms with E-state index in [2.05, 4.69) is 51.6 Å². The number of ether oxygens (including phenoxy) is 1. The third kappa shape index (κ3) is 4.18. The van der Waals surface area contributed by atoms with E-state index < -0.39 is 0 Å². The molecule has 29 heavy (non-hydrogen) atoms. The third-order valence-electron chi connectivity index (χ3n) is 4.60. The van der Waals surface area contributed by atoms with Crippen LogP contribution in [-0.4, -0.2) is 40.1 Å². The number of benzene rings is 2. The van der Waals surface area contributed by atoms with Crippen LogP contribution in [0.3, 0.4) is 0 Å². The van der Waals surface area contributed by atoms with Crippen LogP contribution in [0.4, 0.5) is 17.3 Å². The van der Waals surface area contributed by atoms with Crippen molar-refractivity contribution in [1.82, 2.24) is 14.8 Å². The molecule has 0 atom stereocenters. The summed E-state index contributed by atoms with van der Waals surface area (Å²) in [5.74, 6) is 1.40. The van der Waals surface area contributed by atoms with Gasteiger partial charge in [0.1, 0.15) is 5.75 Å². The summed E-state index contributed by atoms with van der Waals surface area (Å²) < 4.78 is 7.30. The smallest absolute Gasteiger partial charge is 0.234 e. The van der Waals surface area contributed by atoms with E-state index in [0.29, 0.717) is 16.5 Å². The summed E-state index contributed by atoms with van der Waals surface area (Å²) in [7, 11) is 1.55. The highest BCUT2D eigenvalue weighted by molar-refractivity contribution is 7.99. The number of anilines is 3. The molecule has 0 saturated carbocycles. The number of hydrogen-bond donors (Lipinski definition) is 1. The van der Waals surface area contributed by atoms with Gasteiger partial charge < -0.3 is 15.0 Å². The van der Waals surface area contributed by atoms with Crippen molar-refractivity contribution in [2.24, 2.45) is 0 Å². The highest BCUT2D eigenvalue weighted by atomic mass is 35.5. The Hall–Kier alpha value is -2.71. The normalized spacial score (nSPS) is 12.7. The van der Waals surface area contributed by atoms with Crippen LogP contribution in [0.2, 0.25) is 5.02 Å². The number of fused-ring (bicyclic) bond motifs is 1. The monoisotopic (exact) mass is 429 g/mol. The highest BCUT2D eigenvalue weighted by Gasteiger charge is 2.26. The number of hydrogen-bond acceptors (Lipinski definition) is 6. The summed E-state index contributed by atoms with van der Waals surface area (Å²) in [4.78, 5) is 14.5. The fraction of sp³-hybridized carbons (Fsp3) is 0.250. The summed E-state index contributed by atoms with van der Waals surface area (Å²) in [6.45, 7) is 3.67. The minimum absolute atomic E-state index is 0.165. The SMILES string of the molecule is COc1ccc(Cl)cc1NC(=O)CSc1nnc2n1CCN2c1ccc(C)cc1. The van der Waals surface area contributed by atoms with Crippen LogP contribution >= 0.6 is 23.4 Å². The molecule has 150 valence electrons. The topological polar surface area (TPSA) is 72.3 Å². The first-order valence-corrected chi connectivity index (χ1v) is 10.4. The van der Waals surface area contributed by atoms with Crippen LogP contribution in [0.1, 0.15) is 5.56 Å². The second-order valence-electron chi connectivity index (χ2n) is 6.60. The molecule has 0 fully saturated rings. The average molecular weight is 430 g/mol. The van der Waals surface area contributed by atoms with E-state index in [-0.39, 0.29) is 11.7 Å². The molecule has 1 aromatic heterocycles. The molecule has 1 amide bonds. The summed E-state index contributed by atoms with van der Waals surface area (Å²) in [6, 6.07) is 13.4. The van der Waals surface area contributed by atoms with E-state index in [1.54, 1.807) is 25.3 Å². The average Bonchev–Trinajstić information content (AvgIpc) is 3.30. The lowest BCUT2D eigenvalue weighted by Gasteiger charge is -2.15. The van der Waals surface area contributed by atoms with Gasteiger partial charge in [-0.15, -0.1) is 10.2 Å². The van der Waals surface area contributed by atoms with E-state index in [9.17, 15) is 4.79 Å². The first kappa shape index (κ1) is 19.6. The van der Waals surface area contributed by atoms with Crippen molar-refractivity contribution in [3.05, 3.63) is 53.1 Å². The van der Waals surface area contributed by atoms with Crippen molar-refractivity contribution < 1.29 is 9.53 Å². The molecule has 3 aromatic rings.